The molecule has 2 aromatic carbocycles. The van der Waals surface area contributed by atoms with Crippen molar-refractivity contribution in [1.82, 2.24) is 25.2 Å². The number of halogens is 3. The lowest BCUT2D eigenvalue weighted by Gasteiger charge is -2.34. The van der Waals surface area contributed by atoms with E-state index < -0.39 is 23.3 Å². The second kappa shape index (κ2) is 10.2. The number of terminal acetylenes is 1. The molecule has 2 bridgehead atoms. The highest BCUT2D eigenvalue weighted by Gasteiger charge is 2.49. The minimum Gasteiger partial charge on any atom is -0.508 e. The van der Waals surface area contributed by atoms with Crippen LogP contribution in [0.3, 0.4) is 0 Å². The zero-order valence-corrected chi connectivity index (χ0v) is 24.0. The number of aromatic nitrogens is 3. The Balaban J connectivity index is 1.27. The van der Waals surface area contributed by atoms with Crippen LogP contribution in [0.1, 0.15) is 37.7 Å². The molecule has 6 heterocycles. The van der Waals surface area contributed by atoms with Gasteiger partial charge in [0.25, 0.3) is 0 Å². The third-order valence-electron chi connectivity index (χ3n) is 9.80. The summed E-state index contributed by atoms with van der Waals surface area (Å²) in [6, 6.07) is 7.43. The number of phenolic OH excluding ortho intramolecular Hbond substituents is 1. The van der Waals surface area contributed by atoms with Crippen LogP contribution in [0.2, 0.25) is 0 Å². The van der Waals surface area contributed by atoms with Gasteiger partial charge in [0, 0.05) is 55.2 Å². The number of nitrogens with zero attached hydrogens (tertiary/aromatic N) is 5. The Morgan fingerprint density at radius 1 is 1.05 bits per heavy atom. The topological polar surface area (TPSA) is 86.6 Å². The standard InChI is InChI=1S/C33H31F3N6O2/c1-2-23-25(35)7-4-18-10-22(43)11-24(28(18)23)27-12-26(36)29-30(38-27)39-32(40-31(29)41-15-20-5-6-21(16-41)37-20)44-17-33-8-3-9-42(33)14-19(34)13-33/h1,4,7,10-12,19-21,37,43H,3,5-6,8-9,13-17H2/t19-,20?,21?,33?/m1/s1. The Hall–Kier alpha value is -4.14. The Bertz CT molecular complexity index is 1850. The fourth-order valence-electron chi connectivity index (χ4n) is 7.87. The lowest BCUT2D eigenvalue weighted by atomic mass is 9.95. The fraction of sp³-hybridized carbons (Fsp3) is 0.424. The highest BCUT2D eigenvalue weighted by Crippen LogP contribution is 2.41. The van der Waals surface area contributed by atoms with Crippen molar-refractivity contribution in [3.8, 4) is 35.4 Å². The zero-order valence-electron chi connectivity index (χ0n) is 24.0. The number of rotatable bonds is 5. The smallest absolute Gasteiger partial charge is 0.320 e. The number of ether oxygens (including phenoxy) is 1. The lowest BCUT2D eigenvalue weighted by Crippen LogP contribution is -2.51. The third-order valence-corrected chi connectivity index (χ3v) is 9.80. The first kappa shape index (κ1) is 27.4. The Kier molecular flexibility index (Phi) is 6.36. The van der Waals surface area contributed by atoms with E-state index in [0.717, 1.165) is 32.2 Å². The van der Waals surface area contributed by atoms with Crippen LogP contribution >= 0.6 is 0 Å². The molecular formula is C33H31F3N6O2. The molecule has 0 aliphatic carbocycles. The quantitative estimate of drug-likeness (QED) is 0.319. The first-order valence-electron chi connectivity index (χ1n) is 15.1. The number of aromatic hydroxyl groups is 1. The van der Waals surface area contributed by atoms with E-state index in [0.29, 0.717) is 42.6 Å². The minimum absolute atomic E-state index is 0.00778. The number of hydrogen-bond donors (Lipinski definition) is 2. The van der Waals surface area contributed by atoms with E-state index in [1.54, 1.807) is 0 Å². The molecule has 4 aliphatic heterocycles. The second-order valence-electron chi connectivity index (χ2n) is 12.6. The van der Waals surface area contributed by atoms with Crippen LogP contribution in [0.25, 0.3) is 33.1 Å². The summed E-state index contributed by atoms with van der Waals surface area (Å²) >= 11 is 0. The molecule has 0 radical (unpaired) electrons. The van der Waals surface area contributed by atoms with E-state index >= 15 is 4.39 Å². The molecule has 44 heavy (non-hydrogen) atoms. The summed E-state index contributed by atoms with van der Waals surface area (Å²) in [6.45, 7) is 2.73. The molecule has 4 aliphatic rings. The van der Waals surface area contributed by atoms with Gasteiger partial charge in [0.15, 0.2) is 5.65 Å². The van der Waals surface area contributed by atoms with Gasteiger partial charge in [0.2, 0.25) is 0 Å². The predicted molar refractivity (Wildman–Crippen MR) is 160 cm³/mol. The van der Waals surface area contributed by atoms with Crippen molar-refractivity contribution in [1.29, 1.82) is 0 Å². The van der Waals surface area contributed by atoms with Crippen LogP contribution in [0.5, 0.6) is 11.8 Å². The number of benzene rings is 2. The van der Waals surface area contributed by atoms with Crippen molar-refractivity contribution in [2.24, 2.45) is 0 Å². The van der Waals surface area contributed by atoms with Gasteiger partial charge in [-0.05, 0) is 55.8 Å². The van der Waals surface area contributed by atoms with Crippen molar-refractivity contribution < 1.29 is 23.0 Å². The van der Waals surface area contributed by atoms with E-state index in [1.165, 1.54) is 30.3 Å². The first-order valence-corrected chi connectivity index (χ1v) is 15.1. The molecule has 8 rings (SSSR count). The number of alkyl halides is 1. The summed E-state index contributed by atoms with van der Waals surface area (Å²) in [5.74, 6) is 1.47. The summed E-state index contributed by atoms with van der Waals surface area (Å²) < 4.78 is 51.7. The molecule has 4 saturated heterocycles. The van der Waals surface area contributed by atoms with Crippen molar-refractivity contribution in [3.63, 3.8) is 0 Å². The van der Waals surface area contributed by atoms with Gasteiger partial charge in [-0.1, -0.05) is 12.0 Å². The number of anilines is 1. The van der Waals surface area contributed by atoms with E-state index in [2.05, 4.69) is 26.0 Å². The Labute approximate surface area is 252 Å². The Morgan fingerprint density at radius 3 is 2.66 bits per heavy atom. The second-order valence-corrected chi connectivity index (χ2v) is 12.6. The molecule has 11 heteroatoms. The van der Waals surface area contributed by atoms with Crippen molar-refractivity contribution >= 4 is 27.6 Å². The van der Waals surface area contributed by atoms with Gasteiger partial charge in [-0.25, -0.2) is 18.2 Å². The van der Waals surface area contributed by atoms with Crippen LogP contribution in [0.4, 0.5) is 19.0 Å². The van der Waals surface area contributed by atoms with Crippen LogP contribution in [-0.4, -0.2) is 81.5 Å². The van der Waals surface area contributed by atoms with Gasteiger partial charge in [-0.3, -0.25) is 4.90 Å². The lowest BCUT2D eigenvalue weighted by molar-refractivity contribution is 0.107. The number of piperazine rings is 1. The van der Waals surface area contributed by atoms with E-state index in [1.807, 2.05) is 0 Å². The average molecular weight is 601 g/mol. The highest BCUT2D eigenvalue weighted by atomic mass is 19.1. The molecule has 3 unspecified atom stereocenters. The third kappa shape index (κ3) is 4.42. The maximum absolute atomic E-state index is 16.3. The van der Waals surface area contributed by atoms with E-state index in [4.69, 9.17) is 21.1 Å². The zero-order chi connectivity index (χ0) is 30.2. The normalized spacial score (nSPS) is 26.4. The van der Waals surface area contributed by atoms with Gasteiger partial charge in [0.1, 0.15) is 36.0 Å². The van der Waals surface area contributed by atoms with E-state index in [-0.39, 0.29) is 58.3 Å². The van der Waals surface area contributed by atoms with Gasteiger partial charge in [-0.2, -0.15) is 9.97 Å². The number of nitrogens with one attached hydrogen (secondary N) is 1. The van der Waals surface area contributed by atoms with Crippen molar-refractivity contribution in [2.75, 3.05) is 37.7 Å². The molecule has 226 valence electrons. The summed E-state index contributed by atoms with van der Waals surface area (Å²) in [5.41, 5.74) is 0.0493. The maximum Gasteiger partial charge on any atom is 0.320 e. The summed E-state index contributed by atoms with van der Waals surface area (Å²) in [7, 11) is 0. The van der Waals surface area contributed by atoms with Crippen LogP contribution in [-0.2, 0) is 0 Å². The summed E-state index contributed by atoms with van der Waals surface area (Å²) in [5, 5.41) is 15.1. The predicted octanol–water partition coefficient (Wildman–Crippen LogP) is 4.71. The molecule has 0 amide bonds. The molecule has 4 aromatic rings. The molecule has 4 fully saturated rings. The Morgan fingerprint density at radius 2 is 1.86 bits per heavy atom. The fourth-order valence-corrected chi connectivity index (χ4v) is 7.87. The SMILES string of the molecule is C#Cc1c(F)ccc2cc(O)cc(-c3cc(F)c4c(N5CC6CCC(C5)N6)nc(OCC56CCCN5C[C@H](F)C6)nc4n3)c12. The van der Waals surface area contributed by atoms with Crippen LogP contribution < -0.4 is 15.0 Å². The van der Waals surface area contributed by atoms with Crippen LogP contribution in [0, 0.1) is 24.0 Å². The maximum atomic E-state index is 16.3. The van der Waals surface area contributed by atoms with E-state index in [9.17, 15) is 13.9 Å². The summed E-state index contributed by atoms with van der Waals surface area (Å²) in [4.78, 5) is 18.3. The number of pyridine rings is 1. The monoisotopic (exact) mass is 600 g/mol. The molecule has 0 saturated carbocycles. The van der Waals surface area contributed by atoms with Crippen LogP contribution in [0.15, 0.2) is 30.3 Å². The van der Waals surface area contributed by atoms with Gasteiger partial charge < -0.3 is 20.1 Å². The highest BCUT2D eigenvalue weighted by molar-refractivity contribution is 6.02. The molecule has 2 aromatic heterocycles. The molecule has 4 atom stereocenters. The number of hydrogen-bond acceptors (Lipinski definition) is 8. The van der Waals surface area contributed by atoms with Crippen molar-refractivity contribution in [2.45, 2.75) is 55.9 Å². The minimum atomic E-state index is -0.906. The molecule has 8 nitrogen and oxygen atoms in total. The molecule has 2 N–H and O–H groups in total. The van der Waals surface area contributed by atoms with Gasteiger partial charge in [-0.15, -0.1) is 6.42 Å². The van der Waals surface area contributed by atoms with Gasteiger partial charge in [0.05, 0.1) is 22.2 Å². The van der Waals surface area contributed by atoms with Crippen molar-refractivity contribution in [3.05, 3.63) is 47.5 Å². The van der Waals surface area contributed by atoms with Gasteiger partial charge >= 0.3 is 6.01 Å². The largest absolute Gasteiger partial charge is 0.508 e. The molecular weight excluding hydrogens is 569 g/mol. The average Bonchev–Trinajstić information content (AvgIpc) is 3.65. The summed E-state index contributed by atoms with van der Waals surface area (Å²) in [6.07, 6.45) is 9.02. The number of fused-ring (bicyclic) bond motifs is 5. The number of phenols is 1. The first-order chi connectivity index (χ1) is 21.3. The molecule has 0 spiro atoms.